The Bertz CT molecular complexity index is 1190. The summed E-state index contributed by atoms with van der Waals surface area (Å²) in [5, 5.41) is 8.27. The van der Waals surface area contributed by atoms with E-state index in [0.29, 0.717) is 24.3 Å². The number of anilines is 1. The number of methoxy groups -OCH3 is 1. The summed E-state index contributed by atoms with van der Waals surface area (Å²) in [6, 6.07) is 12.3. The van der Waals surface area contributed by atoms with Gasteiger partial charge in [-0.05, 0) is 48.7 Å². The second kappa shape index (κ2) is 12.0. The number of hydrogen-bond acceptors (Lipinski definition) is 6. The number of hydrogen-bond donors (Lipinski definition) is 3. The normalized spacial score (nSPS) is 15.5. The van der Waals surface area contributed by atoms with Crippen LogP contribution in [0.3, 0.4) is 0 Å². The van der Waals surface area contributed by atoms with Gasteiger partial charge in [-0.2, -0.15) is 4.31 Å². The van der Waals surface area contributed by atoms with Crippen LogP contribution in [0.25, 0.3) is 0 Å². The van der Waals surface area contributed by atoms with Crippen LogP contribution in [-0.2, 0) is 30.8 Å². The average molecular weight is 517 g/mol. The molecule has 2 aromatic carbocycles. The number of nitrogens with one attached hydrogen (secondary N) is 3. The molecule has 36 heavy (non-hydrogen) atoms. The number of para-hydroxylation sites is 1. The van der Waals surface area contributed by atoms with Crippen molar-refractivity contribution in [1.29, 1.82) is 0 Å². The topological polar surface area (TPSA) is 134 Å². The number of piperidine rings is 1. The van der Waals surface area contributed by atoms with E-state index in [1.807, 2.05) is 18.2 Å². The molecule has 1 saturated heterocycles. The number of nitrogens with zero attached hydrogens (tertiary/aromatic N) is 1. The fourth-order valence-corrected chi connectivity index (χ4v) is 5.62. The van der Waals surface area contributed by atoms with E-state index in [1.165, 1.54) is 30.3 Å². The largest absolute Gasteiger partial charge is 0.496 e. The lowest BCUT2D eigenvalue weighted by molar-refractivity contribution is -0.128. The molecule has 1 atom stereocenters. The molecule has 3 amide bonds. The highest BCUT2D eigenvalue weighted by molar-refractivity contribution is 7.89. The van der Waals surface area contributed by atoms with Crippen molar-refractivity contribution in [3.63, 3.8) is 0 Å². The lowest BCUT2D eigenvalue weighted by Gasteiger charge is -2.32. The van der Waals surface area contributed by atoms with Gasteiger partial charge in [-0.15, -0.1) is 0 Å². The predicted molar refractivity (Wildman–Crippen MR) is 135 cm³/mol. The Hall–Kier alpha value is -3.44. The summed E-state index contributed by atoms with van der Waals surface area (Å²) in [6.07, 6.45) is 1.14. The Morgan fingerprint density at radius 2 is 1.64 bits per heavy atom. The molecule has 0 spiro atoms. The van der Waals surface area contributed by atoms with Crippen molar-refractivity contribution in [2.24, 2.45) is 0 Å². The Morgan fingerprint density at radius 3 is 2.22 bits per heavy atom. The fourth-order valence-electron chi connectivity index (χ4n) is 4.15. The smallest absolute Gasteiger partial charge is 0.243 e. The van der Waals surface area contributed by atoms with E-state index in [9.17, 15) is 22.8 Å². The monoisotopic (exact) mass is 516 g/mol. The maximum Gasteiger partial charge on any atom is 0.243 e. The molecule has 1 unspecified atom stereocenters. The van der Waals surface area contributed by atoms with Gasteiger partial charge in [0, 0.05) is 45.1 Å². The summed E-state index contributed by atoms with van der Waals surface area (Å²) < 4.78 is 32.8. The Labute approximate surface area is 211 Å². The van der Waals surface area contributed by atoms with Crippen LogP contribution in [0, 0.1) is 0 Å². The summed E-state index contributed by atoms with van der Waals surface area (Å²) in [5.41, 5.74) is 1.31. The molecule has 0 aromatic heterocycles. The van der Waals surface area contributed by atoms with Crippen LogP contribution in [0.2, 0.25) is 0 Å². The zero-order valence-corrected chi connectivity index (χ0v) is 21.4. The summed E-state index contributed by atoms with van der Waals surface area (Å²) in [6.45, 7) is 3.23. The molecule has 0 saturated carbocycles. The summed E-state index contributed by atoms with van der Waals surface area (Å²) in [5.74, 6) is -0.260. The molecule has 2 aromatic rings. The summed E-state index contributed by atoms with van der Waals surface area (Å²) in [4.78, 5) is 36.1. The molecule has 1 fully saturated rings. The number of carbonyl (C=O) groups excluding carboxylic acids is 3. The molecule has 0 radical (unpaired) electrons. The van der Waals surface area contributed by atoms with Gasteiger partial charge < -0.3 is 20.7 Å². The van der Waals surface area contributed by atoms with E-state index >= 15 is 0 Å². The molecule has 0 aliphatic carbocycles. The van der Waals surface area contributed by atoms with Crippen LogP contribution in [-0.4, -0.2) is 62.7 Å². The van der Waals surface area contributed by atoms with E-state index in [2.05, 4.69) is 16.0 Å². The molecule has 0 bridgehead atoms. The molecule has 1 aliphatic rings. The van der Waals surface area contributed by atoms with E-state index in [1.54, 1.807) is 25.3 Å². The molecule has 10 nitrogen and oxygen atoms in total. The quantitative estimate of drug-likeness (QED) is 0.464. The van der Waals surface area contributed by atoms with Gasteiger partial charge in [-0.1, -0.05) is 18.2 Å². The van der Waals surface area contributed by atoms with Crippen molar-refractivity contribution in [1.82, 2.24) is 14.9 Å². The van der Waals surface area contributed by atoms with Crippen LogP contribution in [0.5, 0.6) is 5.75 Å². The average Bonchev–Trinajstić information content (AvgIpc) is 2.84. The van der Waals surface area contributed by atoms with Crippen molar-refractivity contribution < 1.29 is 27.5 Å². The van der Waals surface area contributed by atoms with Gasteiger partial charge in [-0.3, -0.25) is 14.4 Å². The Balaban J connectivity index is 1.61. The maximum absolute atomic E-state index is 13.0. The van der Waals surface area contributed by atoms with Crippen LogP contribution in [0.4, 0.5) is 5.69 Å². The molecule has 1 aliphatic heterocycles. The van der Waals surface area contributed by atoms with Gasteiger partial charge >= 0.3 is 0 Å². The third kappa shape index (κ3) is 7.05. The molecule has 11 heteroatoms. The third-order valence-electron chi connectivity index (χ3n) is 5.92. The lowest BCUT2D eigenvalue weighted by Crippen LogP contribution is -2.53. The number of benzene rings is 2. The van der Waals surface area contributed by atoms with Gasteiger partial charge in [0.25, 0.3) is 0 Å². The molecule has 3 N–H and O–H groups in total. The van der Waals surface area contributed by atoms with Gasteiger partial charge in [0.1, 0.15) is 11.8 Å². The summed E-state index contributed by atoms with van der Waals surface area (Å²) >= 11 is 0. The van der Waals surface area contributed by atoms with Crippen molar-refractivity contribution in [3.05, 3.63) is 54.1 Å². The van der Waals surface area contributed by atoms with Crippen LogP contribution < -0.4 is 20.7 Å². The second-order valence-electron chi connectivity index (χ2n) is 8.66. The molecule has 3 rings (SSSR count). The molecular weight excluding hydrogens is 484 g/mol. The van der Waals surface area contributed by atoms with Crippen LogP contribution >= 0.6 is 0 Å². The van der Waals surface area contributed by atoms with Gasteiger partial charge in [0.05, 0.1) is 12.0 Å². The second-order valence-corrected chi connectivity index (χ2v) is 10.6. The van der Waals surface area contributed by atoms with Crippen molar-refractivity contribution in [3.8, 4) is 5.75 Å². The first-order valence-corrected chi connectivity index (χ1v) is 13.1. The number of rotatable bonds is 9. The number of ether oxygens (including phenoxy) is 1. The van der Waals surface area contributed by atoms with Crippen molar-refractivity contribution >= 4 is 33.4 Å². The minimum Gasteiger partial charge on any atom is -0.496 e. The van der Waals surface area contributed by atoms with Crippen molar-refractivity contribution in [2.45, 2.75) is 50.1 Å². The van der Waals surface area contributed by atoms with Crippen LogP contribution in [0.15, 0.2) is 53.4 Å². The zero-order valence-electron chi connectivity index (χ0n) is 20.6. The molecular formula is C25H32N4O6S. The van der Waals surface area contributed by atoms with Crippen LogP contribution in [0.1, 0.15) is 32.3 Å². The first-order chi connectivity index (χ1) is 17.1. The lowest BCUT2D eigenvalue weighted by atomic mass is 10.0. The number of carbonyl (C=O) groups is 3. The molecule has 1 heterocycles. The van der Waals surface area contributed by atoms with E-state index in [-0.39, 0.29) is 48.2 Å². The third-order valence-corrected chi connectivity index (χ3v) is 7.84. The SMILES string of the molecule is COc1ccccc1CC(NC(C)=O)C(=O)NC1CCN(S(=O)(=O)c2ccc(NC(C)=O)cc2)CC1. The highest BCUT2D eigenvalue weighted by Crippen LogP contribution is 2.23. The van der Waals surface area contributed by atoms with E-state index < -0.39 is 16.1 Å². The van der Waals surface area contributed by atoms with E-state index in [0.717, 1.165) is 5.56 Å². The minimum atomic E-state index is -3.70. The number of sulfonamides is 1. The fraction of sp³-hybridized carbons (Fsp3) is 0.400. The summed E-state index contributed by atoms with van der Waals surface area (Å²) in [7, 11) is -2.16. The maximum atomic E-state index is 13.0. The Kier molecular flexibility index (Phi) is 9.05. The van der Waals surface area contributed by atoms with Gasteiger partial charge in [0.2, 0.25) is 27.7 Å². The zero-order chi connectivity index (χ0) is 26.3. The Morgan fingerprint density at radius 1 is 1.00 bits per heavy atom. The first kappa shape index (κ1) is 27.2. The minimum absolute atomic E-state index is 0.140. The van der Waals surface area contributed by atoms with Gasteiger partial charge in [0.15, 0.2) is 0 Å². The molecule has 194 valence electrons. The predicted octanol–water partition coefficient (Wildman–Crippen LogP) is 1.67. The first-order valence-electron chi connectivity index (χ1n) is 11.7. The van der Waals surface area contributed by atoms with Gasteiger partial charge in [-0.25, -0.2) is 8.42 Å². The van der Waals surface area contributed by atoms with Crippen molar-refractivity contribution in [2.75, 3.05) is 25.5 Å². The highest BCUT2D eigenvalue weighted by atomic mass is 32.2. The standard InChI is InChI=1S/C25H32N4O6S/c1-17(30)26-20-8-10-22(11-9-20)36(33,34)29-14-12-21(13-15-29)28-25(32)23(27-18(2)31)16-19-6-4-5-7-24(19)35-3/h4-11,21,23H,12-16H2,1-3H3,(H,26,30)(H,27,31)(H,28,32). The van der Waals surface area contributed by atoms with E-state index in [4.69, 9.17) is 4.74 Å². The number of amides is 3. The highest BCUT2D eigenvalue weighted by Gasteiger charge is 2.31.